The van der Waals surface area contributed by atoms with Crippen molar-refractivity contribution in [1.82, 2.24) is 14.9 Å². The van der Waals surface area contributed by atoms with Gasteiger partial charge in [0.15, 0.2) is 0 Å². The molecule has 156 valence electrons. The van der Waals surface area contributed by atoms with E-state index in [9.17, 15) is 14.4 Å². The van der Waals surface area contributed by atoms with Gasteiger partial charge < -0.3 is 4.74 Å². The summed E-state index contributed by atoms with van der Waals surface area (Å²) in [5.41, 5.74) is 1.32. The molecule has 0 saturated carbocycles. The minimum Gasteiger partial charge on any atom is -0.489 e. The fourth-order valence-electron chi connectivity index (χ4n) is 4.76. The van der Waals surface area contributed by atoms with Crippen molar-refractivity contribution in [3.8, 4) is 5.75 Å². The third-order valence-corrected chi connectivity index (χ3v) is 6.29. The van der Waals surface area contributed by atoms with E-state index in [1.54, 1.807) is 6.07 Å². The van der Waals surface area contributed by atoms with Gasteiger partial charge in [-0.1, -0.05) is 13.3 Å². The van der Waals surface area contributed by atoms with Crippen LogP contribution in [0.1, 0.15) is 68.3 Å². The van der Waals surface area contributed by atoms with Gasteiger partial charge in [-0.15, -0.1) is 0 Å². The summed E-state index contributed by atoms with van der Waals surface area (Å²) in [6.45, 7) is 6.64. The van der Waals surface area contributed by atoms with Crippen molar-refractivity contribution in [2.24, 2.45) is 0 Å². The quantitative estimate of drug-likeness (QED) is 0.712. The average Bonchev–Trinajstić information content (AvgIpc) is 3.03. The standard InChI is InChI=1S/C22H29N3O4/c1-3-23-12-5-4-7-19(23)15(2)29-17-10-11-18-16(13-17)14-24(22(18)28)25-20(26)8-6-9-21(25)27/h10-11,13,15,19H,3-9,12,14H2,1-2H3. The Balaban J connectivity index is 1.48. The first-order chi connectivity index (χ1) is 14.0. The number of carbonyl (C=O) groups is 3. The number of benzene rings is 1. The van der Waals surface area contributed by atoms with Crippen molar-refractivity contribution in [3.05, 3.63) is 29.3 Å². The number of likely N-dealkylation sites (N-methyl/N-ethyl adjacent to an activating group) is 1. The number of nitrogens with zero attached hydrogens (tertiary/aromatic N) is 3. The molecule has 7 nitrogen and oxygen atoms in total. The number of rotatable bonds is 5. The lowest BCUT2D eigenvalue weighted by molar-refractivity contribution is -0.163. The third-order valence-electron chi connectivity index (χ3n) is 6.29. The van der Waals surface area contributed by atoms with E-state index in [4.69, 9.17) is 4.74 Å². The summed E-state index contributed by atoms with van der Waals surface area (Å²) in [6.07, 6.45) is 4.79. The molecule has 4 rings (SSSR count). The molecule has 2 saturated heterocycles. The van der Waals surface area contributed by atoms with Gasteiger partial charge in [0.05, 0.1) is 6.54 Å². The maximum absolute atomic E-state index is 12.8. The first-order valence-electron chi connectivity index (χ1n) is 10.7. The molecule has 7 heteroatoms. The molecule has 0 spiro atoms. The van der Waals surface area contributed by atoms with Gasteiger partial charge in [-0.3, -0.25) is 19.3 Å². The Morgan fingerprint density at radius 1 is 1.10 bits per heavy atom. The minimum absolute atomic E-state index is 0.0479. The van der Waals surface area contributed by atoms with Gasteiger partial charge in [-0.05, 0) is 63.0 Å². The van der Waals surface area contributed by atoms with Crippen molar-refractivity contribution in [2.45, 2.75) is 71.1 Å². The number of hydrogen-bond acceptors (Lipinski definition) is 5. The summed E-state index contributed by atoms with van der Waals surface area (Å²) < 4.78 is 6.25. The largest absolute Gasteiger partial charge is 0.489 e. The predicted molar refractivity (Wildman–Crippen MR) is 107 cm³/mol. The highest BCUT2D eigenvalue weighted by atomic mass is 16.5. The van der Waals surface area contributed by atoms with Crippen LogP contribution in [0.25, 0.3) is 0 Å². The summed E-state index contributed by atoms with van der Waals surface area (Å²) in [7, 11) is 0. The first-order valence-corrected chi connectivity index (χ1v) is 10.7. The molecule has 1 aromatic rings. The summed E-state index contributed by atoms with van der Waals surface area (Å²) in [5.74, 6) is -0.176. The summed E-state index contributed by atoms with van der Waals surface area (Å²) in [5, 5.41) is 2.32. The first kappa shape index (κ1) is 19.9. The van der Waals surface area contributed by atoms with Crippen LogP contribution in [0.2, 0.25) is 0 Å². The van der Waals surface area contributed by atoms with Gasteiger partial charge in [0.25, 0.3) is 5.91 Å². The van der Waals surface area contributed by atoms with E-state index in [0.29, 0.717) is 30.9 Å². The second-order valence-electron chi connectivity index (χ2n) is 8.15. The van der Waals surface area contributed by atoms with Gasteiger partial charge in [-0.2, -0.15) is 5.01 Å². The molecule has 3 aliphatic heterocycles. The molecule has 3 amide bonds. The van der Waals surface area contributed by atoms with E-state index < -0.39 is 0 Å². The molecule has 29 heavy (non-hydrogen) atoms. The van der Waals surface area contributed by atoms with Crippen molar-refractivity contribution in [2.75, 3.05) is 13.1 Å². The molecular weight excluding hydrogens is 370 g/mol. The Kier molecular flexibility index (Phi) is 5.58. The number of hydrazine groups is 1. The molecule has 3 aliphatic rings. The van der Waals surface area contributed by atoms with E-state index in [1.165, 1.54) is 17.9 Å². The Labute approximate surface area is 171 Å². The Bertz CT molecular complexity index is 808. The van der Waals surface area contributed by atoms with Crippen molar-refractivity contribution < 1.29 is 19.1 Å². The van der Waals surface area contributed by atoms with Gasteiger partial charge in [0.1, 0.15) is 11.9 Å². The molecule has 0 radical (unpaired) electrons. The Morgan fingerprint density at radius 3 is 2.59 bits per heavy atom. The monoisotopic (exact) mass is 399 g/mol. The van der Waals surface area contributed by atoms with E-state index in [-0.39, 0.29) is 30.4 Å². The lowest BCUT2D eigenvalue weighted by atomic mass is 9.98. The van der Waals surface area contributed by atoms with Crippen molar-refractivity contribution in [3.63, 3.8) is 0 Å². The average molecular weight is 399 g/mol. The second-order valence-corrected chi connectivity index (χ2v) is 8.15. The SMILES string of the molecule is CCN1CCCCC1C(C)Oc1ccc2c(c1)CN(N1C(=O)CCCC1=O)C2=O. The summed E-state index contributed by atoms with van der Waals surface area (Å²) in [6, 6.07) is 5.83. The van der Waals surface area contributed by atoms with Crippen molar-refractivity contribution in [1.29, 1.82) is 0 Å². The van der Waals surface area contributed by atoms with Crippen LogP contribution in [0.15, 0.2) is 18.2 Å². The third kappa shape index (κ3) is 3.75. The number of ether oxygens (including phenoxy) is 1. The zero-order valence-electron chi connectivity index (χ0n) is 17.2. The molecular formula is C22H29N3O4. The van der Waals surface area contributed by atoms with E-state index in [1.807, 2.05) is 12.1 Å². The zero-order valence-corrected chi connectivity index (χ0v) is 17.2. The van der Waals surface area contributed by atoms with Crippen LogP contribution in [-0.2, 0) is 16.1 Å². The summed E-state index contributed by atoms with van der Waals surface area (Å²) >= 11 is 0. The van der Waals surface area contributed by atoms with Crippen LogP contribution >= 0.6 is 0 Å². The topological polar surface area (TPSA) is 70.2 Å². The molecule has 0 N–H and O–H groups in total. The van der Waals surface area contributed by atoms with Crippen LogP contribution in [0, 0.1) is 0 Å². The lowest BCUT2D eigenvalue weighted by Crippen LogP contribution is -2.51. The van der Waals surface area contributed by atoms with Crippen LogP contribution in [-0.4, -0.2) is 57.9 Å². The van der Waals surface area contributed by atoms with Crippen molar-refractivity contribution >= 4 is 17.7 Å². The molecule has 0 bridgehead atoms. The van der Waals surface area contributed by atoms with Gasteiger partial charge in [0.2, 0.25) is 11.8 Å². The van der Waals surface area contributed by atoms with Gasteiger partial charge in [-0.25, -0.2) is 5.01 Å². The minimum atomic E-state index is -0.301. The number of amides is 3. The smallest absolute Gasteiger partial charge is 0.273 e. The van der Waals surface area contributed by atoms with E-state index >= 15 is 0 Å². The number of piperidine rings is 2. The fraction of sp³-hybridized carbons (Fsp3) is 0.591. The van der Waals surface area contributed by atoms with Crippen LogP contribution in [0.5, 0.6) is 5.75 Å². The maximum Gasteiger partial charge on any atom is 0.273 e. The highest BCUT2D eigenvalue weighted by Crippen LogP contribution is 2.31. The molecule has 0 aliphatic carbocycles. The molecule has 3 heterocycles. The fourth-order valence-corrected chi connectivity index (χ4v) is 4.76. The molecule has 2 atom stereocenters. The number of carbonyl (C=O) groups excluding carboxylic acids is 3. The maximum atomic E-state index is 12.8. The van der Waals surface area contributed by atoms with E-state index in [0.717, 1.165) is 35.8 Å². The summed E-state index contributed by atoms with van der Waals surface area (Å²) in [4.78, 5) is 39.7. The molecule has 2 fully saturated rings. The van der Waals surface area contributed by atoms with Gasteiger partial charge >= 0.3 is 0 Å². The molecule has 0 aromatic heterocycles. The van der Waals surface area contributed by atoms with E-state index in [2.05, 4.69) is 18.7 Å². The Hall–Kier alpha value is -2.41. The number of likely N-dealkylation sites (tertiary alicyclic amines) is 1. The zero-order chi connectivity index (χ0) is 20.5. The van der Waals surface area contributed by atoms with Crippen LogP contribution in [0.4, 0.5) is 0 Å². The second kappa shape index (κ2) is 8.14. The highest BCUT2D eigenvalue weighted by molar-refractivity contribution is 6.04. The number of hydrogen-bond donors (Lipinski definition) is 0. The van der Waals surface area contributed by atoms with Crippen LogP contribution < -0.4 is 4.74 Å². The lowest BCUT2D eigenvalue weighted by Gasteiger charge is -2.38. The normalized spacial score (nSPS) is 24.1. The Morgan fingerprint density at radius 2 is 1.86 bits per heavy atom. The number of fused-ring (bicyclic) bond motifs is 1. The highest BCUT2D eigenvalue weighted by Gasteiger charge is 2.39. The number of imide groups is 1. The molecule has 2 unspecified atom stereocenters. The predicted octanol–water partition coefficient (Wildman–Crippen LogP) is 2.74. The molecule has 1 aromatic carbocycles. The van der Waals surface area contributed by atoms with Gasteiger partial charge in [0, 0.05) is 24.4 Å². The van der Waals surface area contributed by atoms with Crippen LogP contribution in [0.3, 0.4) is 0 Å².